The lowest BCUT2D eigenvalue weighted by molar-refractivity contribution is -0.137. The molecule has 0 radical (unpaired) electrons. The number of alkyl halides is 3. The summed E-state index contributed by atoms with van der Waals surface area (Å²) in [4.78, 5) is 19.5. The first-order valence-corrected chi connectivity index (χ1v) is 11.4. The van der Waals surface area contributed by atoms with E-state index in [0.717, 1.165) is 18.2 Å². The van der Waals surface area contributed by atoms with Crippen molar-refractivity contribution in [2.24, 2.45) is 14.1 Å². The van der Waals surface area contributed by atoms with Crippen molar-refractivity contribution in [3.63, 3.8) is 0 Å². The number of hydrogen-bond acceptors (Lipinski definition) is 6. The van der Waals surface area contributed by atoms with E-state index in [-0.39, 0.29) is 29.3 Å². The van der Waals surface area contributed by atoms with Gasteiger partial charge in [-0.05, 0) is 18.2 Å². The number of anilines is 2. The number of rotatable bonds is 3. The van der Waals surface area contributed by atoms with Gasteiger partial charge in [0.1, 0.15) is 24.0 Å². The van der Waals surface area contributed by atoms with Crippen LogP contribution in [0, 0.1) is 5.82 Å². The Bertz CT molecular complexity index is 1760. The quantitative estimate of drug-likeness (QED) is 0.351. The predicted octanol–water partition coefficient (Wildman–Crippen LogP) is 4.38. The van der Waals surface area contributed by atoms with E-state index >= 15 is 4.39 Å². The summed E-state index contributed by atoms with van der Waals surface area (Å²) < 4.78 is 63.8. The monoisotopic (exact) mass is 525 g/mol. The zero-order valence-corrected chi connectivity index (χ0v) is 20.0. The molecule has 6 rings (SSSR count). The molecule has 2 N–H and O–H groups in total. The molecule has 0 bridgehead atoms. The summed E-state index contributed by atoms with van der Waals surface area (Å²) in [6.07, 6.45) is -0.0506. The van der Waals surface area contributed by atoms with Gasteiger partial charge in [0.15, 0.2) is 0 Å². The van der Waals surface area contributed by atoms with Crippen LogP contribution in [0.3, 0.4) is 0 Å². The third kappa shape index (κ3) is 3.61. The largest absolute Gasteiger partial charge is 0.491 e. The SMILES string of the molecule is Cn1cc(N(C(=O)c2cc3c(cc2F)nc(N)c2cnn(C)c23)C2COc3cc(C(F)(F)F)ccc32)cn1. The molecule has 38 heavy (non-hydrogen) atoms. The molecular weight excluding hydrogens is 506 g/mol. The van der Waals surface area contributed by atoms with E-state index in [4.69, 9.17) is 10.5 Å². The molecule has 9 nitrogen and oxygen atoms in total. The molecule has 13 heteroatoms. The number of pyridine rings is 1. The average molecular weight is 525 g/mol. The number of carbonyl (C=O) groups is 1. The lowest BCUT2D eigenvalue weighted by Crippen LogP contribution is -2.36. The van der Waals surface area contributed by atoms with Crippen LogP contribution in [0.15, 0.2) is 48.9 Å². The van der Waals surface area contributed by atoms with Crippen LogP contribution in [0.5, 0.6) is 5.75 Å². The Kier molecular flexibility index (Phi) is 5.09. The molecule has 0 saturated carbocycles. The Morgan fingerprint density at radius 1 is 1.13 bits per heavy atom. The second-order valence-electron chi connectivity index (χ2n) is 9.00. The maximum Gasteiger partial charge on any atom is 0.416 e. The Morgan fingerprint density at radius 2 is 1.92 bits per heavy atom. The molecule has 1 aliphatic rings. The Balaban J connectivity index is 1.50. The van der Waals surface area contributed by atoms with Crippen LogP contribution >= 0.6 is 0 Å². The van der Waals surface area contributed by atoms with Crippen LogP contribution in [0.1, 0.15) is 27.5 Å². The van der Waals surface area contributed by atoms with E-state index in [2.05, 4.69) is 15.2 Å². The fourth-order valence-electron chi connectivity index (χ4n) is 4.83. The highest BCUT2D eigenvalue weighted by molar-refractivity contribution is 6.13. The molecule has 0 aliphatic carbocycles. The van der Waals surface area contributed by atoms with Crippen molar-refractivity contribution in [3.8, 4) is 5.75 Å². The minimum atomic E-state index is -4.56. The van der Waals surface area contributed by atoms with Gasteiger partial charge in [-0.3, -0.25) is 19.1 Å². The highest BCUT2D eigenvalue weighted by Gasteiger charge is 2.38. The maximum absolute atomic E-state index is 15.4. The van der Waals surface area contributed by atoms with E-state index in [1.807, 2.05) is 0 Å². The maximum atomic E-state index is 15.4. The number of aryl methyl sites for hydroxylation is 2. The van der Waals surface area contributed by atoms with Gasteiger partial charge in [0.25, 0.3) is 5.91 Å². The predicted molar refractivity (Wildman–Crippen MR) is 130 cm³/mol. The molecule has 4 heterocycles. The van der Waals surface area contributed by atoms with Gasteiger partial charge in [-0.15, -0.1) is 0 Å². The summed E-state index contributed by atoms with van der Waals surface area (Å²) in [7, 11) is 3.34. The summed E-state index contributed by atoms with van der Waals surface area (Å²) in [5.41, 5.74) is 6.38. The van der Waals surface area contributed by atoms with Gasteiger partial charge in [-0.2, -0.15) is 23.4 Å². The Labute approximate surface area is 212 Å². The summed E-state index contributed by atoms with van der Waals surface area (Å²) in [6.45, 7) is -0.128. The third-order valence-electron chi connectivity index (χ3n) is 6.62. The van der Waals surface area contributed by atoms with Crippen molar-refractivity contribution in [1.29, 1.82) is 0 Å². The van der Waals surface area contributed by atoms with Gasteiger partial charge in [0.05, 0.1) is 51.7 Å². The Morgan fingerprint density at radius 3 is 2.63 bits per heavy atom. The fraction of sp³-hybridized carbons (Fsp3) is 0.200. The molecule has 0 saturated heterocycles. The second-order valence-corrected chi connectivity index (χ2v) is 9.00. The number of benzene rings is 2. The van der Waals surface area contributed by atoms with E-state index in [1.165, 1.54) is 34.1 Å². The van der Waals surface area contributed by atoms with Crippen molar-refractivity contribution >= 4 is 39.2 Å². The minimum absolute atomic E-state index is 0.00164. The number of fused-ring (bicyclic) bond motifs is 4. The zero-order valence-electron chi connectivity index (χ0n) is 20.0. The standard InChI is InChI=1S/C25H19F4N7O2/c1-34-10-13(8-31-34)36(20-11-38-21-5-12(25(27,28)29)3-4-14(20)21)24(37)15-6-16-19(7-18(15)26)33-23(30)17-9-32-35(2)22(16)17/h3-10,20H,11H2,1-2H3,(H2,30,33). The van der Waals surface area contributed by atoms with Crippen molar-refractivity contribution in [2.45, 2.75) is 12.2 Å². The number of aromatic nitrogens is 5. The topological polar surface area (TPSA) is 104 Å². The molecule has 1 amide bonds. The molecule has 5 aromatic rings. The van der Waals surface area contributed by atoms with Gasteiger partial charge in [0.2, 0.25) is 0 Å². The molecule has 0 fully saturated rings. The number of nitrogen functional groups attached to an aromatic ring is 1. The highest BCUT2D eigenvalue weighted by Crippen LogP contribution is 2.42. The number of amides is 1. The zero-order chi connectivity index (χ0) is 26.9. The van der Waals surface area contributed by atoms with Crippen LogP contribution < -0.4 is 15.4 Å². The average Bonchev–Trinajstić information content (AvgIpc) is 3.58. The normalized spacial score (nSPS) is 15.2. The van der Waals surface area contributed by atoms with Gasteiger partial charge in [-0.1, -0.05) is 6.07 Å². The molecular formula is C25H19F4N7O2. The molecule has 1 atom stereocenters. The number of ether oxygens (including phenoxy) is 1. The summed E-state index contributed by atoms with van der Waals surface area (Å²) in [5.74, 6) is -1.39. The highest BCUT2D eigenvalue weighted by atomic mass is 19.4. The first kappa shape index (κ1) is 23.7. The smallest absolute Gasteiger partial charge is 0.416 e. The van der Waals surface area contributed by atoms with Crippen LogP contribution in [-0.4, -0.2) is 37.1 Å². The first-order chi connectivity index (χ1) is 18.0. The molecule has 194 valence electrons. The lowest BCUT2D eigenvalue weighted by atomic mass is 10.0. The Hall–Kier alpha value is -4.68. The molecule has 0 spiro atoms. The van der Waals surface area contributed by atoms with E-state index < -0.39 is 29.5 Å². The summed E-state index contributed by atoms with van der Waals surface area (Å²) in [6, 6.07) is 4.78. The van der Waals surface area contributed by atoms with Crippen LogP contribution in [0.25, 0.3) is 21.8 Å². The number of nitrogens with zero attached hydrogens (tertiary/aromatic N) is 6. The van der Waals surface area contributed by atoms with E-state index in [9.17, 15) is 18.0 Å². The molecule has 1 aliphatic heterocycles. The first-order valence-electron chi connectivity index (χ1n) is 11.4. The van der Waals surface area contributed by atoms with Crippen molar-refractivity contribution in [2.75, 3.05) is 17.2 Å². The van der Waals surface area contributed by atoms with Crippen molar-refractivity contribution < 1.29 is 27.1 Å². The molecule has 1 unspecified atom stereocenters. The molecule has 3 aromatic heterocycles. The lowest BCUT2D eigenvalue weighted by Gasteiger charge is -2.27. The van der Waals surface area contributed by atoms with Crippen molar-refractivity contribution in [3.05, 3.63) is 71.4 Å². The minimum Gasteiger partial charge on any atom is -0.491 e. The molecule has 2 aromatic carbocycles. The number of halogens is 4. The van der Waals surface area contributed by atoms with Crippen LogP contribution in [-0.2, 0) is 20.3 Å². The van der Waals surface area contributed by atoms with E-state index in [1.54, 1.807) is 25.0 Å². The fourth-order valence-corrected chi connectivity index (χ4v) is 4.83. The van der Waals surface area contributed by atoms with Gasteiger partial charge < -0.3 is 10.5 Å². The third-order valence-corrected chi connectivity index (χ3v) is 6.62. The van der Waals surface area contributed by atoms with Gasteiger partial charge in [0, 0.05) is 37.3 Å². The summed E-state index contributed by atoms with van der Waals surface area (Å²) >= 11 is 0. The van der Waals surface area contributed by atoms with Crippen molar-refractivity contribution in [1.82, 2.24) is 24.5 Å². The number of nitrogens with two attached hydrogens (primary N) is 1. The second kappa shape index (κ2) is 8.16. The van der Waals surface area contributed by atoms with Gasteiger partial charge in [-0.25, -0.2) is 9.37 Å². The van der Waals surface area contributed by atoms with Gasteiger partial charge >= 0.3 is 6.18 Å². The van der Waals surface area contributed by atoms with E-state index in [0.29, 0.717) is 27.5 Å². The van der Waals surface area contributed by atoms with Crippen LogP contribution in [0.4, 0.5) is 29.1 Å². The summed E-state index contributed by atoms with van der Waals surface area (Å²) in [5, 5.41) is 9.33. The number of carbonyl (C=O) groups excluding carboxylic acids is 1. The number of hydrogen-bond donors (Lipinski definition) is 1. The van der Waals surface area contributed by atoms with Crippen LogP contribution in [0.2, 0.25) is 0 Å².